The van der Waals surface area contributed by atoms with Crippen LogP contribution in [0.5, 0.6) is 0 Å². The maximum Gasteiger partial charge on any atom is 0.251 e. The quantitative estimate of drug-likeness (QED) is 0.849. The SMILES string of the molecule is Cc1ccc(C(=O)N[C@@H]2C[C@H]3CC[C@H]2C3)cc1C. The molecule has 0 radical (unpaired) electrons. The number of rotatable bonds is 2. The molecule has 2 aliphatic carbocycles. The molecule has 3 rings (SSSR count). The molecule has 1 aromatic carbocycles. The number of nitrogens with one attached hydrogen (secondary N) is 1. The highest BCUT2D eigenvalue weighted by Crippen LogP contribution is 2.44. The predicted molar refractivity (Wildman–Crippen MR) is 72.6 cm³/mol. The first-order valence-electron chi connectivity index (χ1n) is 7.01. The number of amides is 1. The highest BCUT2D eigenvalue weighted by atomic mass is 16.1. The van der Waals surface area contributed by atoms with Gasteiger partial charge in [0.15, 0.2) is 0 Å². The number of carbonyl (C=O) groups excluding carboxylic acids is 1. The van der Waals surface area contributed by atoms with E-state index >= 15 is 0 Å². The lowest BCUT2D eigenvalue weighted by Crippen LogP contribution is -2.38. The minimum atomic E-state index is 0.107. The van der Waals surface area contributed by atoms with Crippen LogP contribution in [0.4, 0.5) is 0 Å². The molecule has 0 spiro atoms. The number of carbonyl (C=O) groups is 1. The second kappa shape index (κ2) is 4.42. The average molecular weight is 243 g/mol. The van der Waals surface area contributed by atoms with Crippen LogP contribution in [0.2, 0.25) is 0 Å². The third kappa shape index (κ3) is 2.05. The van der Waals surface area contributed by atoms with Crippen LogP contribution in [0, 0.1) is 25.7 Å². The van der Waals surface area contributed by atoms with Gasteiger partial charge in [0.2, 0.25) is 0 Å². The van der Waals surface area contributed by atoms with Crippen molar-refractivity contribution in [3.05, 3.63) is 34.9 Å². The van der Waals surface area contributed by atoms with E-state index in [9.17, 15) is 4.79 Å². The van der Waals surface area contributed by atoms with Gasteiger partial charge in [-0.15, -0.1) is 0 Å². The number of aryl methyl sites for hydroxylation is 2. The first-order chi connectivity index (χ1) is 8.63. The Morgan fingerprint density at radius 2 is 2.00 bits per heavy atom. The zero-order chi connectivity index (χ0) is 12.7. The molecular weight excluding hydrogens is 222 g/mol. The Labute approximate surface area is 109 Å². The number of hydrogen-bond acceptors (Lipinski definition) is 1. The van der Waals surface area contributed by atoms with Crippen LogP contribution >= 0.6 is 0 Å². The Hall–Kier alpha value is -1.31. The summed E-state index contributed by atoms with van der Waals surface area (Å²) in [4.78, 5) is 12.2. The second-order valence-corrected chi connectivity index (χ2v) is 6.05. The largest absolute Gasteiger partial charge is 0.349 e. The molecule has 0 saturated heterocycles. The lowest BCUT2D eigenvalue weighted by molar-refractivity contribution is 0.0923. The monoisotopic (exact) mass is 243 g/mol. The normalized spacial score (nSPS) is 29.6. The molecule has 1 amide bonds. The first kappa shape index (κ1) is 11.8. The third-order valence-electron chi connectivity index (χ3n) is 4.82. The molecule has 0 heterocycles. The topological polar surface area (TPSA) is 29.1 Å². The van der Waals surface area contributed by atoms with Gasteiger partial charge in [0.25, 0.3) is 5.91 Å². The van der Waals surface area contributed by atoms with Gasteiger partial charge in [0, 0.05) is 11.6 Å². The molecule has 2 heteroatoms. The standard InChI is InChI=1S/C16H21NO/c1-10-3-5-14(7-11(10)2)16(18)17-15-9-12-4-6-13(15)8-12/h3,5,7,12-13,15H,4,6,8-9H2,1-2H3,(H,17,18)/t12-,13-,15+/m0/s1. The first-order valence-corrected chi connectivity index (χ1v) is 7.01. The molecule has 1 N–H and O–H groups in total. The van der Waals surface area contributed by atoms with Crippen molar-refractivity contribution in [2.45, 2.75) is 45.6 Å². The van der Waals surface area contributed by atoms with Gasteiger partial charge in [-0.3, -0.25) is 4.79 Å². The predicted octanol–water partition coefficient (Wildman–Crippen LogP) is 3.22. The summed E-state index contributed by atoms with van der Waals surface area (Å²) >= 11 is 0. The molecule has 0 aliphatic heterocycles. The molecule has 0 aromatic heterocycles. The van der Waals surface area contributed by atoms with E-state index in [1.807, 2.05) is 18.2 Å². The van der Waals surface area contributed by atoms with Gasteiger partial charge < -0.3 is 5.32 Å². The Kier molecular flexibility index (Phi) is 2.89. The van der Waals surface area contributed by atoms with Crippen molar-refractivity contribution in [2.24, 2.45) is 11.8 Å². The second-order valence-electron chi connectivity index (χ2n) is 6.05. The van der Waals surface area contributed by atoms with Gasteiger partial charge in [-0.25, -0.2) is 0 Å². The van der Waals surface area contributed by atoms with E-state index in [1.165, 1.54) is 36.8 Å². The van der Waals surface area contributed by atoms with Crippen molar-refractivity contribution in [1.29, 1.82) is 0 Å². The van der Waals surface area contributed by atoms with Crippen LogP contribution in [0.3, 0.4) is 0 Å². The van der Waals surface area contributed by atoms with Crippen LogP contribution in [-0.2, 0) is 0 Å². The molecule has 1 aromatic rings. The summed E-state index contributed by atoms with van der Waals surface area (Å²) < 4.78 is 0. The Bertz CT molecular complexity index is 480. The summed E-state index contributed by atoms with van der Waals surface area (Å²) in [5, 5.41) is 3.23. The number of benzene rings is 1. The van der Waals surface area contributed by atoms with Crippen molar-refractivity contribution in [3.63, 3.8) is 0 Å². The molecule has 2 nitrogen and oxygen atoms in total. The smallest absolute Gasteiger partial charge is 0.251 e. The molecule has 3 atom stereocenters. The zero-order valence-electron chi connectivity index (χ0n) is 11.2. The van der Waals surface area contributed by atoms with Crippen molar-refractivity contribution in [1.82, 2.24) is 5.32 Å². The summed E-state index contributed by atoms with van der Waals surface area (Å²) in [5.74, 6) is 1.72. The summed E-state index contributed by atoms with van der Waals surface area (Å²) in [6, 6.07) is 6.39. The van der Waals surface area contributed by atoms with Crippen LogP contribution in [0.25, 0.3) is 0 Å². The van der Waals surface area contributed by atoms with Crippen molar-refractivity contribution >= 4 is 5.91 Å². The van der Waals surface area contributed by atoms with Crippen LogP contribution in [0.1, 0.15) is 47.2 Å². The Balaban J connectivity index is 1.69. The van der Waals surface area contributed by atoms with Crippen molar-refractivity contribution in [3.8, 4) is 0 Å². The van der Waals surface area contributed by atoms with Gasteiger partial charge in [-0.1, -0.05) is 12.5 Å². The highest BCUT2D eigenvalue weighted by molar-refractivity contribution is 5.94. The average Bonchev–Trinajstić information content (AvgIpc) is 2.94. The van der Waals surface area contributed by atoms with E-state index in [0.29, 0.717) is 6.04 Å². The van der Waals surface area contributed by atoms with Gasteiger partial charge in [0.05, 0.1) is 0 Å². The van der Waals surface area contributed by atoms with Crippen molar-refractivity contribution in [2.75, 3.05) is 0 Å². The summed E-state index contributed by atoms with van der Waals surface area (Å²) in [6.07, 6.45) is 5.21. The van der Waals surface area contributed by atoms with Gasteiger partial charge in [-0.2, -0.15) is 0 Å². The van der Waals surface area contributed by atoms with E-state index < -0.39 is 0 Å². The lowest BCUT2D eigenvalue weighted by atomic mass is 9.95. The molecule has 0 unspecified atom stereocenters. The van der Waals surface area contributed by atoms with E-state index in [1.54, 1.807) is 0 Å². The third-order valence-corrected chi connectivity index (χ3v) is 4.82. The van der Waals surface area contributed by atoms with Crippen molar-refractivity contribution < 1.29 is 4.79 Å². The molecule has 2 bridgehead atoms. The van der Waals surface area contributed by atoms with Crippen LogP contribution < -0.4 is 5.32 Å². The molecule has 96 valence electrons. The fourth-order valence-corrected chi connectivity index (χ4v) is 3.56. The van der Waals surface area contributed by atoms with E-state index in [-0.39, 0.29) is 5.91 Å². The van der Waals surface area contributed by atoms with E-state index in [2.05, 4.69) is 19.2 Å². The number of fused-ring (bicyclic) bond motifs is 2. The summed E-state index contributed by atoms with van der Waals surface area (Å²) in [6.45, 7) is 4.14. The van der Waals surface area contributed by atoms with Crippen LogP contribution in [-0.4, -0.2) is 11.9 Å². The van der Waals surface area contributed by atoms with E-state index in [4.69, 9.17) is 0 Å². The lowest BCUT2D eigenvalue weighted by Gasteiger charge is -2.23. The Morgan fingerprint density at radius 3 is 2.61 bits per heavy atom. The molecular formula is C16H21NO. The van der Waals surface area contributed by atoms with Gasteiger partial charge in [0.1, 0.15) is 0 Å². The summed E-state index contributed by atoms with van der Waals surface area (Å²) in [5.41, 5.74) is 3.24. The maximum absolute atomic E-state index is 12.2. The maximum atomic E-state index is 12.2. The molecule has 18 heavy (non-hydrogen) atoms. The Morgan fingerprint density at radius 1 is 1.17 bits per heavy atom. The molecule has 2 aliphatic rings. The van der Waals surface area contributed by atoms with Gasteiger partial charge in [-0.05, 0) is 68.2 Å². The highest BCUT2D eigenvalue weighted by Gasteiger charge is 2.40. The molecule has 2 fully saturated rings. The fraction of sp³-hybridized carbons (Fsp3) is 0.562. The summed E-state index contributed by atoms with van der Waals surface area (Å²) in [7, 11) is 0. The van der Waals surface area contributed by atoms with Crippen LogP contribution in [0.15, 0.2) is 18.2 Å². The fourth-order valence-electron chi connectivity index (χ4n) is 3.56. The van der Waals surface area contributed by atoms with Gasteiger partial charge >= 0.3 is 0 Å². The zero-order valence-corrected chi connectivity index (χ0v) is 11.2. The molecule has 2 saturated carbocycles. The number of hydrogen-bond donors (Lipinski definition) is 1. The minimum Gasteiger partial charge on any atom is -0.349 e. The minimum absolute atomic E-state index is 0.107. The van der Waals surface area contributed by atoms with E-state index in [0.717, 1.165) is 17.4 Å².